The van der Waals surface area contributed by atoms with E-state index in [-0.39, 0.29) is 12.0 Å². The van der Waals surface area contributed by atoms with Gasteiger partial charge < -0.3 is 9.64 Å². The van der Waals surface area contributed by atoms with Gasteiger partial charge in [-0.1, -0.05) is 30.3 Å². The van der Waals surface area contributed by atoms with Crippen LogP contribution >= 0.6 is 0 Å². The van der Waals surface area contributed by atoms with E-state index in [1.165, 1.54) is 0 Å². The van der Waals surface area contributed by atoms with Gasteiger partial charge in [0, 0.05) is 17.8 Å². The summed E-state index contributed by atoms with van der Waals surface area (Å²) >= 11 is 0. The summed E-state index contributed by atoms with van der Waals surface area (Å²) in [6, 6.07) is 19.7. The predicted molar refractivity (Wildman–Crippen MR) is 104 cm³/mol. The maximum Gasteiger partial charge on any atom is 0.254 e. The first-order valence-corrected chi connectivity index (χ1v) is 9.21. The molecule has 1 aliphatic rings. The number of ether oxygens (including phenoxy) is 1. The van der Waals surface area contributed by atoms with Crippen LogP contribution in [0.2, 0.25) is 0 Å². The van der Waals surface area contributed by atoms with E-state index in [2.05, 4.69) is 5.10 Å². The molecule has 0 bridgehead atoms. The van der Waals surface area contributed by atoms with Crippen molar-refractivity contribution < 1.29 is 9.53 Å². The SMILES string of the molecule is Cc1cc(C)n(-c2ccc(C(=O)N3CCOC(c4ccccc4)C3)cc2)n1. The van der Waals surface area contributed by atoms with Crippen LogP contribution in [-0.4, -0.2) is 40.3 Å². The van der Waals surface area contributed by atoms with E-state index in [9.17, 15) is 4.79 Å². The van der Waals surface area contributed by atoms with Gasteiger partial charge in [0.15, 0.2) is 0 Å². The van der Waals surface area contributed by atoms with Gasteiger partial charge >= 0.3 is 0 Å². The summed E-state index contributed by atoms with van der Waals surface area (Å²) in [6.45, 7) is 5.73. The molecular weight excluding hydrogens is 338 g/mol. The van der Waals surface area contributed by atoms with E-state index in [4.69, 9.17) is 4.74 Å². The number of hydrogen-bond acceptors (Lipinski definition) is 3. The lowest BCUT2D eigenvalue weighted by molar-refractivity contribution is -0.0228. The molecule has 0 saturated carbocycles. The number of carbonyl (C=O) groups excluding carboxylic acids is 1. The average molecular weight is 361 g/mol. The third-order valence-corrected chi connectivity index (χ3v) is 4.89. The summed E-state index contributed by atoms with van der Waals surface area (Å²) in [5.74, 6) is 0.0409. The van der Waals surface area contributed by atoms with E-state index in [1.807, 2.05) is 84.1 Å². The van der Waals surface area contributed by atoms with Gasteiger partial charge in [0.05, 0.1) is 24.5 Å². The van der Waals surface area contributed by atoms with Crippen molar-refractivity contribution >= 4 is 5.91 Å². The summed E-state index contributed by atoms with van der Waals surface area (Å²) in [7, 11) is 0. The normalized spacial score (nSPS) is 17.1. The zero-order valence-corrected chi connectivity index (χ0v) is 15.6. The second-order valence-corrected chi connectivity index (χ2v) is 6.91. The van der Waals surface area contributed by atoms with Crippen LogP contribution in [0.1, 0.15) is 33.4 Å². The molecule has 0 radical (unpaired) electrons. The zero-order chi connectivity index (χ0) is 18.8. The number of aryl methyl sites for hydroxylation is 2. The molecule has 1 aromatic heterocycles. The smallest absolute Gasteiger partial charge is 0.254 e. The molecule has 0 aliphatic carbocycles. The Hall–Kier alpha value is -2.92. The lowest BCUT2D eigenvalue weighted by Gasteiger charge is -2.33. The Morgan fingerprint density at radius 1 is 1.07 bits per heavy atom. The highest BCUT2D eigenvalue weighted by atomic mass is 16.5. The summed E-state index contributed by atoms with van der Waals surface area (Å²) in [5.41, 5.74) is 4.81. The van der Waals surface area contributed by atoms with Crippen LogP contribution in [-0.2, 0) is 4.74 Å². The number of nitrogens with zero attached hydrogens (tertiary/aromatic N) is 3. The third kappa shape index (κ3) is 3.64. The van der Waals surface area contributed by atoms with Crippen LogP contribution in [0.5, 0.6) is 0 Å². The van der Waals surface area contributed by atoms with Crippen LogP contribution in [0.15, 0.2) is 60.7 Å². The zero-order valence-electron chi connectivity index (χ0n) is 15.6. The summed E-state index contributed by atoms with van der Waals surface area (Å²) < 4.78 is 7.76. The highest BCUT2D eigenvalue weighted by Crippen LogP contribution is 2.23. The minimum atomic E-state index is -0.0714. The van der Waals surface area contributed by atoms with Crippen molar-refractivity contribution in [1.82, 2.24) is 14.7 Å². The quantitative estimate of drug-likeness (QED) is 0.715. The lowest BCUT2D eigenvalue weighted by atomic mass is 10.1. The van der Waals surface area contributed by atoms with Crippen LogP contribution in [0, 0.1) is 13.8 Å². The maximum absolute atomic E-state index is 12.9. The Morgan fingerprint density at radius 3 is 2.48 bits per heavy atom. The van der Waals surface area contributed by atoms with E-state index in [0.717, 1.165) is 22.6 Å². The fraction of sp³-hybridized carbons (Fsp3) is 0.273. The molecule has 1 saturated heterocycles. The fourth-order valence-corrected chi connectivity index (χ4v) is 3.52. The number of rotatable bonds is 3. The van der Waals surface area contributed by atoms with Gasteiger partial charge in [-0.25, -0.2) is 4.68 Å². The molecular formula is C22H23N3O2. The monoisotopic (exact) mass is 361 g/mol. The summed E-state index contributed by atoms with van der Waals surface area (Å²) in [4.78, 5) is 14.8. The molecule has 5 nitrogen and oxygen atoms in total. The number of amides is 1. The van der Waals surface area contributed by atoms with Crippen molar-refractivity contribution in [3.8, 4) is 5.69 Å². The van der Waals surface area contributed by atoms with Gasteiger partial charge in [-0.05, 0) is 49.7 Å². The van der Waals surface area contributed by atoms with Gasteiger partial charge in [-0.2, -0.15) is 5.10 Å². The molecule has 27 heavy (non-hydrogen) atoms. The Bertz CT molecular complexity index is 932. The molecule has 5 heteroatoms. The summed E-state index contributed by atoms with van der Waals surface area (Å²) in [6.07, 6.45) is -0.0714. The Kier molecular flexibility index (Phi) is 4.77. The van der Waals surface area contributed by atoms with Crippen molar-refractivity contribution in [2.45, 2.75) is 20.0 Å². The highest BCUT2D eigenvalue weighted by Gasteiger charge is 2.26. The first kappa shape index (κ1) is 17.5. The van der Waals surface area contributed by atoms with Crippen molar-refractivity contribution in [3.05, 3.63) is 83.2 Å². The van der Waals surface area contributed by atoms with E-state index in [1.54, 1.807) is 0 Å². The molecule has 2 heterocycles. The number of carbonyl (C=O) groups is 1. The molecule has 1 amide bonds. The summed E-state index contributed by atoms with van der Waals surface area (Å²) in [5, 5.41) is 4.49. The van der Waals surface area contributed by atoms with Crippen molar-refractivity contribution in [2.75, 3.05) is 19.7 Å². The Balaban J connectivity index is 1.50. The minimum Gasteiger partial charge on any atom is -0.370 e. The Morgan fingerprint density at radius 2 is 1.81 bits per heavy atom. The first-order valence-electron chi connectivity index (χ1n) is 9.21. The van der Waals surface area contributed by atoms with Gasteiger partial charge in [-0.3, -0.25) is 4.79 Å². The van der Waals surface area contributed by atoms with Crippen molar-refractivity contribution in [1.29, 1.82) is 0 Å². The van der Waals surface area contributed by atoms with Gasteiger partial charge in [0.2, 0.25) is 0 Å². The molecule has 1 fully saturated rings. The molecule has 2 aromatic carbocycles. The number of benzene rings is 2. The van der Waals surface area contributed by atoms with E-state index in [0.29, 0.717) is 25.3 Å². The van der Waals surface area contributed by atoms with Crippen LogP contribution in [0.4, 0.5) is 0 Å². The van der Waals surface area contributed by atoms with E-state index < -0.39 is 0 Å². The number of hydrogen-bond donors (Lipinski definition) is 0. The predicted octanol–water partition coefficient (Wildman–Crippen LogP) is 3.70. The third-order valence-electron chi connectivity index (χ3n) is 4.89. The second-order valence-electron chi connectivity index (χ2n) is 6.91. The average Bonchev–Trinajstić information content (AvgIpc) is 3.06. The maximum atomic E-state index is 12.9. The molecule has 0 spiro atoms. The lowest BCUT2D eigenvalue weighted by Crippen LogP contribution is -2.42. The largest absolute Gasteiger partial charge is 0.370 e. The highest BCUT2D eigenvalue weighted by molar-refractivity contribution is 5.94. The van der Waals surface area contributed by atoms with Gasteiger partial charge in [0.1, 0.15) is 6.10 Å². The van der Waals surface area contributed by atoms with Crippen LogP contribution < -0.4 is 0 Å². The molecule has 0 N–H and O–H groups in total. The van der Waals surface area contributed by atoms with Crippen molar-refractivity contribution in [2.24, 2.45) is 0 Å². The fourth-order valence-electron chi connectivity index (χ4n) is 3.52. The topological polar surface area (TPSA) is 47.4 Å². The van der Waals surface area contributed by atoms with Crippen molar-refractivity contribution in [3.63, 3.8) is 0 Å². The Labute approximate surface area is 159 Å². The molecule has 138 valence electrons. The molecule has 1 unspecified atom stereocenters. The minimum absolute atomic E-state index is 0.0409. The van der Waals surface area contributed by atoms with Gasteiger partial charge in [-0.15, -0.1) is 0 Å². The van der Waals surface area contributed by atoms with E-state index >= 15 is 0 Å². The van der Waals surface area contributed by atoms with Crippen LogP contribution in [0.25, 0.3) is 5.69 Å². The molecule has 3 aromatic rings. The standard InChI is InChI=1S/C22H23N3O2/c1-16-14-17(2)25(23-16)20-10-8-19(9-11-20)22(26)24-12-13-27-21(15-24)18-6-4-3-5-7-18/h3-11,14,21H,12-13,15H2,1-2H3. The first-order chi connectivity index (χ1) is 13.1. The molecule has 1 atom stereocenters. The molecule has 4 rings (SSSR count). The van der Waals surface area contributed by atoms with Gasteiger partial charge in [0.25, 0.3) is 5.91 Å². The number of morpholine rings is 1. The van der Waals surface area contributed by atoms with Crippen LogP contribution in [0.3, 0.4) is 0 Å². The number of aromatic nitrogens is 2. The second kappa shape index (κ2) is 7.37. The molecule has 1 aliphatic heterocycles.